The normalized spacial score (nSPS) is 11.6. The van der Waals surface area contributed by atoms with E-state index < -0.39 is 0 Å². The molecule has 6 heteroatoms. The number of fused-ring (bicyclic) bond motifs is 9. The topological polar surface area (TPSA) is 53.5 Å². The molecule has 462 valence electrons. The molecular weight excluding hydrogens is 1200 g/mol. The standard InChI is InChI=1S/C93H60N6/c1-9-25-61(26-10-1)69-41-47-82-76(53-69)77-54-70(62-27-11-2-12-28-62)42-48-83(77)97(82)88-59-75(93-95-91(67-37-21-7-22-38-67)94-92(96-93)68-39-23-8-24-40-68)60-89(98-84-49-43-71(63-29-13-3-14-30-63)55-78(84)79-56-72(44-50-85(79)98)64-31-15-4-16-32-64)90(88)99-86-51-45-73(65-33-17-5-18-34-65)57-80(86)81-58-74(46-52-87(81)99)66-35-19-6-20-36-66/h1-60H. The molecule has 4 heterocycles. The van der Waals surface area contributed by atoms with Gasteiger partial charge in [-0.15, -0.1) is 0 Å². The Kier molecular flexibility index (Phi) is 13.8. The fourth-order valence-electron chi connectivity index (χ4n) is 14.9. The molecule has 0 fully saturated rings. The van der Waals surface area contributed by atoms with E-state index in [1.54, 1.807) is 0 Å². The molecule has 0 atom stereocenters. The van der Waals surface area contributed by atoms with E-state index in [9.17, 15) is 0 Å². The van der Waals surface area contributed by atoms with Crippen molar-refractivity contribution in [3.05, 3.63) is 364 Å². The van der Waals surface area contributed by atoms with E-state index >= 15 is 0 Å². The summed E-state index contributed by atoms with van der Waals surface area (Å²) >= 11 is 0. The molecule has 0 saturated carbocycles. The van der Waals surface area contributed by atoms with Crippen LogP contribution >= 0.6 is 0 Å². The van der Waals surface area contributed by atoms with Crippen molar-refractivity contribution in [2.24, 2.45) is 0 Å². The quantitative estimate of drug-likeness (QED) is 0.122. The Bertz CT molecular complexity index is 5710. The predicted molar refractivity (Wildman–Crippen MR) is 412 cm³/mol. The summed E-state index contributed by atoms with van der Waals surface area (Å²) in [6, 6.07) is 132. The molecule has 0 amide bonds. The zero-order chi connectivity index (χ0) is 65.3. The van der Waals surface area contributed by atoms with E-state index in [1.807, 2.05) is 36.4 Å². The monoisotopic (exact) mass is 1260 g/mol. The van der Waals surface area contributed by atoms with Crippen LogP contribution in [0.4, 0.5) is 0 Å². The molecule has 0 unspecified atom stereocenters. The van der Waals surface area contributed by atoms with Crippen molar-refractivity contribution in [1.82, 2.24) is 28.7 Å². The lowest BCUT2D eigenvalue weighted by molar-refractivity contribution is 1.04. The Hall–Kier alpha value is -13.3. The van der Waals surface area contributed by atoms with Gasteiger partial charge in [0.15, 0.2) is 17.5 Å². The van der Waals surface area contributed by atoms with Gasteiger partial charge in [0.05, 0.1) is 50.2 Å². The molecule has 0 aliphatic heterocycles. The minimum absolute atomic E-state index is 0.538. The molecule has 0 spiro atoms. The van der Waals surface area contributed by atoms with E-state index in [-0.39, 0.29) is 0 Å². The summed E-state index contributed by atoms with van der Waals surface area (Å²) in [7, 11) is 0. The van der Waals surface area contributed by atoms with Gasteiger partial charge in [-0.1, -0.05) is 279 Å². The van der Waals surface area contributed by atoms with Crippen LogP contribution in [0.2, 0.25) is 0 Å². The average molecular weight is 1260 g/mol. The third kappa shape index (κ3) is 10.0. The number of hydrogen-bond donors (Lipinski definition) is 0. The summed E-state index contributed by atoms with van der Waals surface area (Å²) in [5.41, 5.74) is 25.4. The Morgan fingerprint density at radius 1 is 0.152 bits per heavy atom. The second-order valence-corrected chi connectivity index (χ2v) is 25.5. The number of rotatable bonds is 12. The lowest BCUT2D eigenvalue weighted by atomic mass is 10.0. The molecule has 19 aromatic rings. The van der Waals surface area contributed by atoms with Crippen LogP contribution in [0.25, 0.3) is 183 Å². The Labute approximate surface area is 572 Å². The van der Waals surface area contributed by atoms with Crippen LogP contribution in [0.1, 0.15) is 0 Å². The van der Waals surface area contributed by atoms with Crippen molar-refractivity contribution >= 4 is 65.4 Å². The second kappa shape index (κ2) is 23.9. The maximum absolute atomic E-state index is 5.60. The summed E-state index contributed by atoms with van der Waals surface area (Å²) in [5, 5.41) is 6.77. The lowest BCUT2D eigenvalue weighted by Gasteiger charge is -2.24. The van der Waals surface area contributed by atoms with Crippen molar-refractivity contribution in [2.75, 3.05) is 0 Å². The third-order valence-corrected chi connectivity index (χ3v) is 19.7. The predicted octanol–water partition coefficient (Wildman–Crippen LogP) is 24.2. The first-order chi connectivity index (χ1) is 49.1. The molecule has 99 heavy (non-hydrogen) atoms. The van der Waals surface area contributed by atoms with E-state index in [0.717, 1.165) is 166 Å². The largest absolute Gasteiger partial charge is 0.307 e. The Balaban J connectivity index is 1.02. The SMILES string of the molecule is c1ccc(-c2ccc3c(c2)c2cc(-c4ccccc4)ccc2n3-c2cc(-c3nc(-c4ccccc4)nc(-c4ccccc4)n3)cc(-n3c4ccc(-c5ccccc5)cc4c4cc(-c5ccccc5)ccc43)c2-n2c3ccc(-c4ccccc4)cc3c3cc(-c4ccccc4)ccc32)cc1. The van der Waals surface area contributed by atoms with Gasteiger partial charge in [-0.25, -0.2) is 15.0 Å². The summed E-state index contributed by atoms with van der Waals surface area (Å²) < 4.78 is 7.61. The fourth-order valence-corrected chi connectivity index (χ4v) is 14.9. The number of hydrogen-bond acceptors (Lipinski definition) is 3. The molecule has 15 aromatic carbocycles. The lowest BCUT2D eigenvalue weighted by Crippen LogP contribution is -2.10. The first-order valence-electron chi connectivity index (χ1n) is 33.7. The van der Waals surface area contributed by atoms with Gasteiger partial charge in [0.2, 0.25) is 0 Å². The summed E-state index contributed by atoms with van der Waals surface area (Å²) in [6.45, 7) is 0. The van der Waals surface area contributed by atoms with Gasteiger partial charge in [0, 0.05) is 49.0 Å². The van der Waals surface area contributed by atoms with E-state index in [1.165, 1.54) is 0 Å². The molecule has 6 nitrogen and oxygen atoms in total. The van der Waals surface area contributed by atoms with E-state index in [4.69, 9.17) is 15.0 Å². The maximum atomic E-state index is 5.60. The van der Waals surface area contributed by atoms with Crippen LogP contribution in [0, 0.1) is 0 Å². The number of benzene rings is 15. The van der Waals surface area contributed by atoms with Crippen LogP contribution < -0.4 is 0 Å². The smallest absolute Gasteiger partial charge is 0.164 e. The van der Waals surface area contributed by atoms with Crippen LogP contribution in [-0.4, -0.2) is 28.7 Å². The molecule has 0 bridgehead atoms. The van der Waals surface area contributed by atoms with Gasteiger partial charge in [-0.05, 0) is 152 Å². The highest BCUT2D eigenvalue weighted by atomic mass is 15.1. The summed E-state index contributed by atoms with van der Waals surface area (Å²) in [5.74, 6) is 1.70. The third-order valence-electron chi connectivity index (χ3n) is 19.7. The van der Waals surface area contributed by atoms with Crippen molar-refractivity contribution in [2.45, 2.75) is 0 Å². The first-order valence-corrected chi connectivity index (χ1v) is 33.7. The van der Waals surface area contributed by atoms with Gasteiger partial charge in [-0.3, -0.25) is 0 Å². The number of aromatic nitrogens is 6. The summed E-state index contributed by atoms with van der Waals surface area (Å²) in [4.78, 5) is 16.5. The van der Waals surface area contributed by atoms with Crippen LogP contribution in [-0.2, 0) is 0 Å². The highest BCUT2D eigenvalue weighted by molar-refractivity contribution is 6.16. The van der Waals surface area contributed by atoms with Crippen LogP contribution in [0.15, 0.2) is 364 Å². The van der Waals surface area contributed by atoms with Crippen LogP contribution in [0.5, 0.6) is 0 Å². The van der Waals surface area contributed by atoms with E-state index in [0.29, 0.717) is 17.5 Å². The molecule has 0 radical (unpaired) electrons. The van der Waals surface area contributed by atoms with Crippen molar-refractivity contribution in [3.8, 4) is 118 Å². The fraction of sp³-hybridized carbons (Fsp3) is 0. The minimum Gasteiger partial charge on any atom is -0.307 e. The molecule has 0 saturated heterocycles. The zero-order valence-corrected chi connectivity index (χ0v) is 53.8. The van der Waals surface area contributed by atoms with Crippen molar-refractivity contribution in [1.29, 1.82) is 0 Å². The number of nitrogens with zero attached hydrogens (tertiary/aromatic N) is 6. The minimum atomic E-state index is 0.538. The molecule has 4 aromatic heterocycles. The van der Waals surface area contributed by atoms with Gasteiger partial charge in [0.1, 0.15) is 0 Å². The zero-order valence-electron chi connectivity index (χ0n) is 53.8. The Morgan fingerprint density at radius 2 is 0.343 bits per heavy atom. The molecule has 0 aliphatic rings. The molecular formula is C93H60N6. The van der Waals surface area contributed by atoms with Gasteiger partial charge in [-0.2, -0.15) is 0 Å². The highest BCUT2D eigenvalue weighted by Crippen LogP contribution is 2.48. The average Bonchev–Trinajstić information content (AvgIpc) is 1.56. The van der Waals surface area contributed by atoms with Gasteiger partial charge < -0.3 is 13.7 Å². The molecule has 0 N–H and O–H groups in total. The van der Waals surface area contributed by atoms with E-state index in [2.05, 4.69) is 341 Å². The maximum Gasteiger partial charge on any atom is 0.164 e. The molecule has 0 aliphatic carbocycles. The van der Waals surface area contributed by atoms with Crippen molar-refractivity contribution in [3.63, 3.8) is 0 Å². The summed E-state index contributed by atoms with van der Waals surface area (Å²) in [6.07, 6.45) is 0. The van der Waals surface area contributed by atoms with Gasteiger partial charge in [0.25, 0.3) is 0 Å². The van der Waals surface area contributed by atoms with Crippen molar-refractivity contribution < 1.29 is 0 Å². The van der Waals surface area contributed by atoms with Gasteiger partial charge >= 0.3 is 0 Å². The van der Waals surface area contributed by atoms with Crippen LogP contribution in [0.3, 0.4) is 0 Å². The first kappa shape index (κ1) is 57.2. The Morgan fingerprint density at radius 3 is 0.566 bits per heavy atom. The second-order valence-electron chi connectivity index (χ2n) is 25.5. The molecule has 19 rings (SSSR count). The highest BCUT2D eigenvalue weighted by Gasteiger charge is 2.29.